The van der Waals surface area contributed by atoms with Crippen molar-refractivity contribution >= 4 is 17.8 Å². The van der Waals surface area contributed by atoms with Crippen LogP contribution < -0.4 is 0 Å². The van der Waals surface area contributed by atoms with Crippen LogP contribution >= 0.6 is 0 Å². The van der Waals surface area contributed by atoms with E-state index < -0.39 is 12.1 Å². The first kappa shape index (κ1) is 17.2. The van der Waals surface area contributed by atoms with Crippen LogP contribution in [0.15, 0.2) is 0 Å². The monoisotopic (exact) mass is 338 g/mol. The largest absolute Gasteiger partial charge is 0.479 e. The minimum absolute atomic E-state index is 0.0657. The number of rotatable bonds is 3. The molecule has 2 aliphatic heterocycles. The lowest BCUT2D eigenvalue weighted by atomic mass is 9.86. The lowest BCUT2D eigenvalue weighted by Gasteiger charge is -2.34. The number of amides is 2. The molecular formula is C17H26N2O5. The van der Waals surface area contributed by atoms with E-state index >= 15 is 0 Å². The van der Waals surface area contributed by atoms with Gasteiger partial charge in [0.05, 0.1) is 19.1 Å². The highest BCUT2D eigenvalue weighted by molar-refractivity contribution is 5.89. The van der Waals surface area contributed by atoms with Crippen LogP contribution in [0.5, 0.6) is 0 Å². The van der Waals surface area contributed by atoms with E-state index in [1.807, 2.05) is 4.90 Å². The van der Waals surface area contributed by atoms with Crippen LogP contribution in [0.3, 0.4) is 0 Å². The second kappa shape index (κ2) is 7.09. The van der Waals surface area contributed by atoms with E-state index in [2.05, 4.69) is 6.92 Å². The molecule has 2 unspecified atom stereocenters. The first-order valence-corrected chi connectivity index (χ1v) is 8.88. The van der Waals surface area contributed by atoms with E-state index in [0.717, 1.165) is 31.6 Å². The van der Waals surface area contributed by atoms with Crippen molar-refractivity contribution in [2.24, 2.45) is 11.8 Å². The number of carbonyl (C=O) groups is 3. The molecule has 0 radical (unpaired) electrons. The zero-order chi connectivity index (χ0) is 17.3. The smallest absolute Gasteiger partial charge is 0.334 e. The van der Waals surface area contributed by atoms with Crippen LogP contribution in [0.1, 0.15) is 39.0 Å². The Morgan fingerprint density at radius 3 is 2.54 bits per heavy atom. The number of carbonyl (C=O) groups excluding carboxylic acids is 2. The maximum atomic E-state index is 12.7. The minimum atomic E-state index is -1.05. The van der Waals surface area contributed by atoms with Crippen LogP contribution in [-0.2, 0) is 19.1 Å². The van der Waals surface area contributed by atoms with Crippen LogP contribution in [-0.4, -0.2) is 71.1 Å². The number of likely N-dealkylation sites (tertiary alicyclic amines) is 1. The van der Waals surface area contributed by atoms with Crippen molar-refractivity contribution in [1.29, 1.82) is 0 Å². The molecule has 7 heteroatoms. The third-order valence-electron chi connectivity index (χ3n) is 5.59. The van der Waals surface area contributed by atoms with Crippen LogP contribution in [0, 0.1) is 11.8 Å². The molecule has 0 bridgehead atoms. The van der Waals surface area contributed by atoms with Gasteiger partial charge in [0.25, 0.3) is 0 Å². The maximum Gasteiger partial charge on any atom is 0.334 e. The fourth-order valence-corrected chi connectivity index (χ4v) is 4.06. The number of nitrogens with zero attached hydrogens (tertiary/aromatic N) is 2. The third-order valence-corrected chi connectivity index (χ3v) is 5.59. The molecule has 1 saturated carbocycles. The van der Waals surface area contributed by atoms with E-state index in [-0.39, 0.29) is 43.3 Å². The molecule has 1 aliphatic carbocycles. The van der Waals surface area contributed by atoms with Crippen molar-refractivity contribution in [3.05, 3.63) is 0 Å². The summed E-state index contributed by atoms with van der Waals surface area (Å²) in [5.41, 5.74) is 0. The second-order valence-electron chi connectivity index (χ2n) is 7.34. The maximum absolute atomic E-state index is 12.7. The van der Waals surface area contributed by atoms with Crippen molar-refractivity contribution < 1.29 is 24.2 Å². The van der Waals surface area contributed by atoms with Gasteiger partial charge in [0, 0.05) is 25.6 Å². The number of carboxylic acid groups (broad SMARTS) is 1. The molecule has 2 atom stereocenters. The summed E-state index contributed by atoms with van der Waals surface area (Å²) in [6.07, 6.45) is 3.60. The van der Waals surface area contributed by atoms with E-state index in [9.17, 15) is 14.4 Å². The molecule has 1 N–H and O–H groups in total. The molecule has 2 heterocycles. The van der Waals surface area contributed by atoms with Crippen molar-refractivity contribution in [3.8, 4) is 0 Å². The molecule has 0 spiro atoms. The molecule has 2 saturated heterocycles. The summed E-state index contributed by atoms with van der Waals surface area (Å²) in [6, 6.07) is 0.267. The molecule has 3 fully saturated rings. The number of aliphatic carboxylic acids is 1. The van der Waals surface area contributed by atoms with Gasteiger partial charge in [-0.25, -0.2) is 4.79 Å². The van der Waals surface area contributed by atoms with Gasteiger partial charge in [0.2, 0.25) is 11.8 Å². The van der Waals surface area contributed by atoms with Gasteiger partial charge in [-0.1, -0.05) is 6.92 Å². The zero-order valence-corrected chi connectivity index (χ0v) is 14.1. The molecular weight excluding hydrogens is 312 g/mol. The molecule has 0 aromatic rings. The summed E-state index contributed by atoms with van der Waals surface area (Å²) in [5.74, 6) is -0.712. The molecule has 24 heavy (non-hydrogen) atoms. The first-order valence-electron chi connectivity index (χ1n) is 8.88. The van der Waals surface area contributed by atoms with Gasteiger partial charge in [-0.2, -0.15) is 0 Å². The highest BCUT2D eigenvalue weighted by Gasteiger charge is 2.41. The standard InChI is InChI=1S/C17H26N2O5/c1-11-2-4-13(5-3-11)19-9-12(8-15(19)20)16(21)18-6-7-24-14(10-18)17(22)23/h11-14H,2-10H2,1H3,(H,22,23). The molecule has 134 valence electrons. The van der Waals surface area contributed by atoms with Crippen molar-refractivity contribution in [1.82, 2.24) is 9.80 Å². The van der Waals surface area contributed by atoms with Gasteiger partial charge >= 0.3 is 5.97 Å². The van der Waals surface area contributed by atoms with Crippen LogP contribution in [0.4, 0.5) is 0 Å². The Kier molecular flexibility index (Phi) is 5.08. The zero-order valence-electron chi connectivity index (χ0n) is 14.1. The summed E-state index contributed by atoms with van der Waals surface area (Å²) in [6.45, 7) is 3.42. The Bertz CT molecular complexity index is 515. The van der Waals surface area contributed by atoms with Crippen LogP contribution in [0.2, 0.25) is 0 Å². The van der Waals surface area contributed by atoms with Crippen molar-refractivity contribution in [2.75, 3.05) is 26.2 Å². The highest BCUT2D eigenvalue weighted by Crippen LogP contribution is 2.31. The molecule has 3 rings (SSSR count). The van der Waals surface area contributed by atoms with Crippen molar-refractivity contribution in [3.63, 3.8) is 0 Å². The van der Waals surface area contributed by atoms with Gasteiger partial charge in [-0.05, 0) is 31.6 Å². The SMILES string of the molecule is CC1CCC(N2CC(C(=O)N3CCOC(C(=O)O)C3)CC2=O)CC1. The Labute approximate surface area is 141 Å². The van der Waals surface area contributed by atoms with Gasteiger partial charge in [-0.3, -0.25) is 9.59 Å². The number of carboxylic acids is 1. The lowest BCUT2D eigenvalue weighted by Crippen LogP contribution is -2.50. The average Bonchev–Trinajstić information content (AvgIpc) is 2.97. The van der Waals surface area contributed by atoms with E-state index in [1.54, 1.807) is 4.90 Å². The fourth-order valence-electron chi connectivity index (χ4n) is 4.06. The lowest BCUT2D eigenvalue weighted by molar-refractivity contribution is -0.160. The second-order valence-corrected chi connectivity index (χ2v) is 7.34. The van der Waals surface area contributed by atoms with Gasteiger partial charge < -0.3 is 19.6 Å². The Morgan fingerprint density at radius 1 is 1.17 bits per heavy atom. The first-order chi connectivity index (χ1) is 11.5. The normalized spacial score (nSPS) is 34.5. The predicted octanol–water partition coefficient (Wildman–Crippen LogP) is 0.726. The summed E-state index contributed by atoms with van der Waals surface area (Å²) in [7, 11) is 0. The molecule has 2 amide bonds. The van der Waals surface area contributed by atoms with Gasteiger partial charge in [-0.15, -0.1) is 0 Å². The quantitative estimate of drug-likeness (QED) is 0.819. The van der Waals surface area contributed by atoms with Gasteiger partial charge in [0.15, 0.2) is 6.10 Å². The summed E-state index contributed by atoms with van der Waals surface area (Å²) < 4.78 is 5.16. The highest BCUT2D eigenvalue weighted by atomic mass is 16.5. The average molecular weight is 338 g/mol. The molecule has 3 aliphatic rings. The molecule has 7 nitrogen and oxygen atoms in total. The number of hydrogen-bond acceptors (Lipinski definition) is 4. The predicted molar refractivity (Wildman–Crippen MR) is 85.2 cm³/mol. The topological polar surface area (TPSA) is 87.2 Å². The number of ether oxygens (including phenoxy) is 1. The Morgan fingerprint density at radius 2 is 1.88 bits per heavy atom. The third kappa shape index (κ3) is 3.55. The number of hydrogen-bond donors (Lipinski definition) is 1. The van der Waals surface area contributed by atoms with E-state index in [4.69, 9.17) is 9.84 Å². The van der Waals surface area contributed by atoms with E-state index in [1.165, 1.54) is 0 Å². The number of morpholine rings is 1. The Balaban J connectivity index is 1.58. The van der Waals surface area contributed by atoms with Crippen LogP contribution in [0.25, 0.3) is 0 Å². The summed E-state index contributed by atoms with van der Waals surface area (Å²) in [5, 5.41) is 9.05. The summed E-state index contributed by atoms with van der Waals surface area (Å²) in [4.78, 5) is 39.6. The van der Waals surface area contributed by atoms with E-state index in [0.29, 0.717) is 13.1 Å². The van der Waals surface area contributed by atoms with Gasteiger partial charge in [0.1, 0.15) is 0 Å². The molecule has 0 aromatic carbocycles. The Hall–Kier alpha value is -1.63. The summed E-state index contributed by atoms with van der Waals surface area (Å²) >= 11 is 0. The molecule has 0 aromatic heterocycles. The van der Waals surface area contributed by atoms with Crippen molar-refractivity contribution in [2.45, 2.75) is 51.2 Å². The fraction of sp³-hybridized carbons (Fsp3) is 0.824. The minimum Gasteiger partial charge on any atom is -0.479 e.